The highest BCUT2D eigenvalue weighted by Gasteiger charge is 2.14. The molecule has 3 heteroatoms. The van der Waals surface area contributed by atoms with Crippen molar-refractivity contribution in [2.45, 2.75) is 0 Å². The summed E-state index contributed by atoms with van der Waals surface area (Å²) < 4.78 is 0. The van der Waals surface area contributed by atoms with Crippen molar-refractivity contribution in [3.8, 4) is 67.4 Å². The minimum Gasteiger partial charge on any atom is -0.361 e. The summed E-state index contributed by atoms with van der Waals surface area (Å²) in [4.78, 5) is 13.7. The van der Waals surface area contributed by atoms with E-state index in [0.29, 0.717) is 5.82 Å². The quantitative estimate of drug-likeness (QED) is 0.191. The van der Waals surface area contributed by atoms with Crippen LogP contribution in [0.15, 0.2) is 194 Å². The standard InChI is InChI=1S/C50H33N3/c1-2-11-39-31-40(27-18-33(39)9-1)49-32-48(52-50(53-49)38-25-21-35(22-26-38)42-16-7-12-34-10-3-4-13-41(34)42)37-23-19-36(20-24-37)43-28-29-46(47-17-8-30-51-47)45-15-6-5-14-44(43)45/h1-32,51H. The van der Waals surface area contributed by atoms with E-state index in [1.807, 2.05) is 12.3 Å². The molecule has 0 fully saturated rings. The van der Waals surface area contributed by atoms with Crippen molar-refractivity contribution in [3.05, 3.63) is 194 Å². The Labute approximate surface area is 307 Å². The van der Waals surface area contributed by atoms with Gasteiger partial charge in [-0.05, 0) is 78.8 Å². The fraction of sp³-hybridized carbons (Fsp3) is 0. The van der Waals surface area contributed by atoms with Crippen molar-refractivity contribution in [3.63, 3.8) is 0 Å². The number of hydrogen-bond donors (Lipinski definition) is 1. The first kappa shape index (κ1) is 30.7. The molecule has 10 rings (SSSR count). The fourth-order valence-electron chi connectivity index (χ4n) is 7.60. The number of H-pyrrole nitrogens is 1. The van der Waals surface area contributed by atoms with Crippen LogP contribution >= 0.6 is 0 Å². The fourth-order valence-corrected chi connectivity index (χ4v) is 7.60. The molecule has 248 valence electrons. The van der Waals surface area contributed by atoms with Crippen LogP contribution in [0.25, 0.3) is 99.7 Å². The van der Waals surface area contributed by atoms with Gasteiger partial charge in [0.2, 0.25) is 0 Å². The molecule has 2 aromatic heterocycles. The Morgan fingerprint density at radius 1 is 0.321 bits per heavy atom. The van der Waals surface area contributed by atoms with Gasteiger partial charge in [0.1, 0.15) is 0 Å². The number of nitrogens with one attached hydrogen (secondary N) is 1. The monoisotopic (exact) mass is 675 g/mol. The zero-order valence-electron chi connectivity index (χ0n) is 28.9. The minimum absolute atomic E-state index is 0.699. The second-order valence-corrected chi connectivity index (χ2v) is 13.5. The van der Waals surface area contributed by atoms with Crippen molar-refractivity contribution in [1.29, 1.82) is 0 Å². The largest absolute Gasteiger partial charge is 0.361 e. The van der Waals surface area contributed by atoms with Crippen LogP contribution in [0, 0.1) is 0 Å². The normalized spacial score (nSPS) is 11.4. The number of benzene rings is 8. The molecule has 0 unspecified atom stereocenters. The lowest BCUT2D eigenvalue weighted by molar-refractivity contribution is 1.18. The number of aromatic nitrogens is 3. The van der Waals surface area contributed by atoms with Crippen LogP contribution in [0.5, 0.6) is 0 Å². The van der Waals surface area contributed by atoms with Crippen molar-refractivity contribution >= 4 is 32.3 Å². The Hall–Kier alpha value is -7.10. The Morgan fingerprint density at radius 3 is 1.60 bits per heavy atom. The predicted molar refractivity (Wildman–Crippen MR) is 222 cm³/mol. The molecule has 0 aliphatic heterocycles. The molecule has 1 N–H and O–H groups in total. The van der Waals surface area contributed by atoms with Gasteiger partial charge in [-0.1, -0.05) is 164 Å². The van der Waals surface area contributed by atoms with E-state index in [0.717, 1.165) is 39.3 Å². The number of fused-ring (bicyclic) bond motifs is 3. The second-order valence-electron chi connectivity index (χ2n) is 13.5. The van der Waals surface area contributed by atoms with E-state index in [9.17, 15) is 0 Å². The molecule has 0 radical (unpaired) electrons. The van der Waals surface area contributed by atoms with E-state index >= 15 is 0 Å². The summed E-state index contributed by atoms with van der Waals surface area (Å²) in [5.74, 6) is 0.699. The van der Waals surface area contributed by atoms with Gasteiger partial charge in [-0.3, -0.25) is 0 Å². The van der Waals surface area contributed by atoms with E-state index in [4.69, 9.17) is 9.97 Å². The first-order valence-electron chi connectivity index (χ1n) is 18.0. The summed E-state index contributed by atoms with van der Waals surface area (Å²) in [5, 5.41) is 7.32. The van der Waals surface area contributed by atoms with Crippen LogP contribution in [0.4, 0.5) is 0 Å². The molecule has 0 amide bonds. The Kier molecular flexibility index (Phi) is 7.47. The molecule has 0 saturated carbocycles. The van der Waals surface area contributed by atoms with Crippen molar-refractivity contribution < 1.29 is 0 Å². The third kappa shape index (κ3) is 5.65. The van der Waals surface area contributed by atoms with Crippen molar-refractivity contribution in [2.75, 3.05) is 0 Å². The van der Waals surface area contributed by atoms with Gasteiger partial charge >= 0.3 is 0 Å². The lowest BCUT2D eigenvalue weighted by atomic mass is 9.93. The van der Waals surface area contributed by atoms with Crippen LogP contribution in [0.3, 0.4) is 0 Å². The van der Waals surface area contributed by atoms with Gasteiger partial charge in [0.05, 0.1) is 11.4 Å². The van der Waals surface area contributed by atoms with Gasteiger partial charge in [0.25, 0.3) is 0 Å². The molecule has 10 aromatic rings. The van der Waals surface area contributed by atoms with Gasteiger partial charge in [0.15, 0.2) is 5.82 Å². The summed E-state index contributed by atoms with van der Waals surface area (Å²) in [6.07, 6.45) is 1.97. The Bertz CT molecular complexity index is 2920. The number of rotatable bonds is 6. The van der Waals surface area contributed by atoms with Gasteiger partial charge < -0.3 is 4.98 Å². The average molecular weight is 676 g/mol. The molecule has 0 atom stereocenters. The molecule has 3 nitrogen and oxygen atoms in total. The molecular formula is C50H33N3. The van der Waals surface area contributed by atoms with Crippen molar-refractivity contribution in [1.82, 2.24) is 15.0 Å². The van der Waals surface area contributed by atoms with E-state index in [2.05, 4.69) is 187 Å². The van der Waals surface area contributed by atoms with E-state index in [1.54, 1.807) is 0 Å². The smallest absolute Gasteiger partial charge is 0.160 e. The number of hydrogen-bond acceptors (Lipinski definition) is 2. The maximum atomic E-state index is 5.19. The van der Waals surface area contributed by atoms with Gasteiger partial charge in [0, 0.05) is 34.1 Å². The topological polar surface area (TPSA) is 41.6 Å². The zero-order chi connectivity index (χ0) is 35.1. The molecule has 0 aliphatic rings. The highest BCUT2D eigenvalue weighted by atomic mass is 14.9. The van der Waals surface area contributed by atoms with Crippen LogP contribution in [0.2, 0.25) is 0 Å². The number of aromatic amines is 1. The summed E-state index contributed by atoms with van der Waals surface area (Å²) in [7, 11) is 0. The molecule has 0 saturated heterocycles. The zero-order valence-corrected chi connectivity index (χ0v) is 28.9. The molecule has 0 spiro atoms. The molecule has 0 aliphatic carbocycles. The maximum Gasteiger partial charge on any atom is 0.160 e. The molecule has 53 heavy (non-hydrogen) atoms. The third-order valence-corrected chi connectivity index (χ3v) is 10.3. The average Bonchev–Trinajstić information content (AvgIpc) is 3.78. The summed E-state index contributed by atoms with van der Waals surface area (Å²) in [6, 6.07) is 66.8. The SMILES string of the molecule is c1c[nH]c(-c2ccc(-c3ccc(-c4cc(-c5ccc6ccccc6c5)nc(-c5ccc(-c6cccc7ccccc67)cc5)n4)cc3)c3ccccc23)c1. The highest BCUT2D eigenvalue weighted by Crippen LogP contribution is 2.37. The van der Waals surface area contributed by atoms with Crippen LogP contribution in [0.1, 0.15) is 0 Å². The van der Waals surface area contributed by atoms with E-state index < -0.39 is 0 Å². The number of nitrogens with zero attached hydrogens (tertiary/aromatic N) is 2. The summed E-state index contributed by atoms with van der Waals surface area (Å²) in [6.45, 7) is 0. The first-order chi connectivity index (χ1) is 26.2. The molecule has 2 heterocycles. The van der Waals surface area contributed by atoms with Crippen LogP contribution < -0.4 is 0 Å². The van der Waals surface area contributed by atoms with Crippen LogP contribution in [-0.4, -0.2) is 15.0 Å². The predicted octanol–water partition coefficient (Wildman–Crippen LogP) is 13.3. The molecular weight excluding hydrogens is 643 g/mol. The highest BCUT2D eigenvalue weighted by molar-refractivity contribution is 6.04. The molecule has 0 bridgehead atoms. The van der Waals surface area contributed by atoms with E-state index in [-0.39, 0.29) is 0 Å². The van der Waals surface area contributed by atoms with Gasteiger partial charge in [-0.2, -0.15) is 0 Å². The summed E-state index contributed by atoms with van der Waals surface area (Å²) >= 11 is 0. The molecule has 8 aromatic carbocycles. The Balaban J connectivity index is 1.06. The lowest BCUT2D eigenvalue weighted by Gasteiger charge is -2.13. The summed E-state index contributed by atoms with van der Waals surface area (Å²) in [5.41, 5.74) is 11.9. The minimum atomic E-state index is 0.699. The van der Waals surface area contributed by atoms with Crippen LogP contribution in [-0.2, 0) is 0 Å². The maximum absolute atomic E-state index is 5.19. The second kappa shape index (κ2) is 12.9. The van der Waals surface area contributed by atoms with Gasteiger partial charge in [-0.25, -0.2) is 9.97 Å². The lowest BCUT2D eigenvalue weighted by Crippen LogP contribution is -1.96. The van der Waals surface area contributed by atoms with Gasteiger partial charge in [-0.15, -0.1) is 0 Å². The van der Waals surface area contributed by atoms with Crippen molar-refractivity contribution in [2.24, 2.45) is 0 Å². The van der Waals surface area contributed by atoms with E-state index in [1.165, 1.54) is 54.6 Å². The first-order valence-corrected chi connectivity index (χ1v) is 18.0. The Morgan fingerprint density at radius 2 is 0.868 bits per heavy atom. The third-order valence-electron chi connectivity index (χ3n) is 10.3.